The van der Waals surface area contributed by atoms with Crippen molar-refractivity contribution >= 4 is 24.9 Å². The van der Waals surface area contributed by atoms with Crippen LogP contribution in [-0.4, -0.2) is 72.1 Å². The number of nitrogens with zero attached hydrogens (tertiary/aromatic N) is 5. The Morgan fingerprint density at radius 1 is 1.22 bits per heavy atom. The van der Waals surface area contributed by atoms with Crippen LogP contribution >= 0.6 is 0 Å². The van der Waals surface area contributed by atoms with Crippen LogP contribution in [0.5, 0.6) is 6.01 Å². The van der Waals surface area contributed by atoms with E-state index in [0.717, 1.165) is 50.4 Å². The molecule has 0 saturated carbocycles. The molecule has 0 radical (unpaired) electrons. The fraction of sp³-hybridized carbons (Fsp3) is 0.731. The van der Waals surface area contributed by atoms with Gasteiger partial charge in [-0.25, -0.2) is 0 Å². The number of nitrogen functional groups attached to an aromatic ring is 1. The standard InChI is InChI=1S/C26H44N6O3Si/c1-6-7-14-35-26-29-23-20(8-9-22(33)19-10-12-31(2)13-11-19)21(17-27)32(24(23)25(28)30-26)18-34-15-16-36(3,4)5/h19,22,33H,6-16,18H2,1-5H3,(H2,28,29,30). The summed E-state index contributed by atoms with van der Waals surface area (Å²) in [7, 11) is 0.875. The first-order chi connectivity index (χ1) is 17.1. The van der Waals surface area contributed by atoms with Gasteiger partial charge in [-0.3, -0.25) is 0 Å². The van der Waals surface area contributed by atoms with E-state index in [1.54, 1.807) is 4.57 Å². The molecule has 2 aromatic heterocycles. The largest absolute Gasteiger partial charge is 0.463 e. The molecule has 36 heavy (non-hydrogen) atoms. The summed E-state index contributed by atoms with van der Waals surface area (Å²) < 4.78 is 13.6. The molecule has 1 atom stereocenters. The van der Waals surface area contributed by atoms with Gasteiger partial charge in [0.25, 0.3) is 0 Å². The van der Waals surface area contributed by atoms with Crippen molar-refractivity contribution in [3.63, 3.8) is 0 Å². The first-order valence-electron chi connectivity index (χ1n) is 13.3. The molecule has 1 aliphatic heterocycles. The SMILES string of the molecule is CCCCOc1nc(N)c2c(n1)c(CCC(O)C1CCN(C)CC1)c(C#N)n2COCC[Si](C)(C)C. The Bertz CT molecular complexity index is 1040. The first-order valence-corrected chi connectivity index (χ1v) is 17.0. The second-order valence-corrected chi connectivity index (χ2v) is 16.9. The third-order valence-electron chi connectivity index (χ3n) is 7.05. The fourth-order valence-corrected chi connectivity index (χ4v) is 5.41. The highest BCUT2D eigenvalue weighted by Gasteiger charge is 2.27. The maximum absolute atomic E-state index is 11.0. The van der Waals surface area contributed by atoms with Gasteiger partial charge in [0.1, 0.15) is 29.5 Å². The lowest BCUT2D eigenvalue weighted by atomic mass is 9.88. The van der Waals surface area contributed by atoms with Crippen LogP contribution in [-0.2, 0) is 17.9 Å². The lowest BCUT2D eigenvalue weighted by Crippen LogP contribution is -2.35. The number of aliphatic hydroxyl groups is 1. The van der Waals surface area contributed by atoms with Gasteiger partial charge in [-0.05, 0) is 64.2 Å². The van der Waals surface area contributed by atoms with Crippen molar-refractivity contribution < 1.29 is 14.6 Å². The number of unbranched alkanes of at least 4 members (excludes halogenated alkanes) is 1. The average molecular weight is 517 g/mol. The summed E-state index contributed by atoms with van der Waals surface area (Å²) in [5.74, 6) is 0.552. The van der Waals surface area contributed by atoms with Crippen LogP contribution < -0.4 is 10.5 Å². The number of aryl methyl sites for hydroxylation is 1. The number of likely N-dealkylation sites (tertiary alicyclic amines) is 1. The molecule has 9 nitrogen and oxygen atoms in total. The van der Waals surface area contributed by atoms with Crippen LogP contribution in [0.3, 0.4) is 0 Å². The number of fused-ring (bicyclic) bond motifs is 1. The number of nitriles is 1. The van der Waals surface area contributed by atoms with Crippen molar-refractivity contribution in [2.45, 2.75) is 84.0 Å². The first kappa shape index (κ1) is 28.4. The molecule has 200 valence electrons. The molecule has 0 aromatic carbocycles. The van der Waals surface area contributed by atoms with Gasteiger partial charge in [-0.1, -0.05) is 33.0 Å². The lowest BCUT2D eigenvalue weighted by Gasteiger charge is -2.31. The molecular formula is C26H44N6O3Si. The maximum Gasteiger partial charge on any atom is 0.319 e. The summed E-state index contributed by atoms with van der Waals surface area (Å²) in [6.07, 6.45) is 4.54. The number of ether oxygens (including phenoxy) is 2. The molecule has 1 unspecified atom stereocenters. The second-order valence-electron chi connectivity index (χ2n) is 11.3. The third-order valence-corrected chi connectivity index (χ3v) is 8.76. The Labute approximate surface area is 216 Å². The van der Waals surface area contributed by atoms with E-state index in [0.29, 0.717) is 42.8 Å². The quantitative estimate of drug-likeness (QED) is 0.302. The minimum atomic E-state index is -1.24. The Hall–Kier alpha value is -2.19. The van der Waals surface area contributed by atoms with Crippen molar-refractivity contribution in [1.82, 2.24) is 19.4 Å². The number of piperidine rings is 1. The summed E-state index contributed by atoms with van der Waals surface area (Å²) in [6, 6.07) is 3.62. The molecule has 3 rings (SSSR count). The molecule has 0 spiro atoms. The molecule has 3 N–H and O–H groups in total. The van der Waals surface area contributed by atoms with Crippen molar-refractivity contribution in [2.75, 3.05) is 39.1 Å². The normalized spacial score (nSPS) is 16.4. The molecule has 10 heteroatoms. The van der Waals surface area contributed by atoms with Crippen LogP contribution in [0.1, 0.15) is 50.3 Å². The summed E-state index contributed by atoms with van der Waals surface area (Å²) >= 11 is 0. The van der Waals surface area contributed by atoms with Crippen molar-refractivity contribution in [3.8, 4) is 12.1 Å². The molecule has 0 amide bonds. The van der Waals surface area contributed by atoms with Gasteiger partial charge in [0.15, 0.2) is 5.82 Å². The van der Waals surface area contributed by atoms with Crippen LogP contribution in [0.2, 0.25) is 25.7 Å². The molecule has 1 aliphatic rings. The summed E-state index contributed by atoms with van der Waals surface area (Å²) in [5.41, 5.74) is 8.87. The van der Waals surface area contributed by atoms with E-state index in [1.165, 1.54) is 0 Å². The van der Waals surface area contributed by atoms with E-state index in [2.05, 4.69) is 54.5 Å². The van der Waals surface area contributed by atoms with Gasteiger partial charge in [-0.15, -0.1) is 0 Å². The second kappa shape index (κ2) is 12.9. The Kier molecular flexibility index (Phi) is 10.1. The van der Waals surface area contributed by atoms with Crippen LogP contribution in [0, 0.1) is 17.2 Å². The highest BCUT2D eigenvalue weighted by Crippen LogP contribution is 2.32. The zero-order valence-electron chi connectivity index (χ0n) is 22.7. The van der Waals surface area contributed by atoms with E-state index >= 15 is 0 Å². The predicted molar refractivity (Wildman–Crippen MR) is 146 cm³/mol. The fourth-order valence-electron chi connectivity index (χ4n) is 4.66. The molecule has 1 saturated heterocycles. The number of aliphatic hydroxyl groups excluding tert-OH is 1. The zero-order valence-corrected chi connectivity index (χ0v) is 23.7. The number of aromatic nitrogens is 3. The van der Waals surface area contributed by atoms with E-state index in [1.807, 2.05) is 0 Å². The van der Waals surface area contributed by atoms with Crippen LogP contribution in [0.25, 0.3) is 11.0 Å². The smallest absolute Gasteiger partial charge is 0.319 e. The summed E-state index contributed by atoms with van der Waals surface area (Å²) in [5, 5.41) is 21.1. The minimum absolute atomic E-state index is 0.213. The van der Waals surface area contributed by atoms with Gasteiger partial charge in [-0.2, -0.15) is 15.2 Å². The van der Waals surface area contributed by atoms with E-state index in [4.69, 9.17) is 15.2 Å². The summed E-state index contributed by atoms with van der Waals surface area (Å²) in [4.78, 5) is 11.4. The van der Waals surface area contributed by atoms with Crippen LogP contribution in [0.15, 0.2) is 0 Å². The molecule has 2 aromatic rings. The van der Waals surface area contributed by atoms with Gasteiger partial charge in [0.2, 0.25) is 0 Å². The van der Waals surface area contributed by atoms with Crippen LogP contribution in [0.4, 0.5) is 5.82 Å². The van der Waals surface area contributed by atoms with E-state index in [9.17, 15) is 10.4 Å². The molecular weight excluding hydrogens is 472 g/mol. The highest BCUT2D eigenvalue weighted by molar-refractivity contribution is 6.76. The Balaban J connectivity index is 1.89. The topological polar surface area (TPSA) is 122 Å². The predicted octanol–water partition coefficient (Wildman–Crippen LogP) is 4.01. The number of anilines is 1. The van der Waals surface area contributed by atoms with E-state index in [-0.39, 0.29) is 24.5 Å². The number of nitrogens with two attached hydrogens (primary N) is 1. The number of hydrogen-bond donors (Lipinski definition) is 2. The molecule has 0 bridgehead atoms. The van der Waals surface area contributed by atoms with Gasteiger partial charge >= 0.3 is 6.01 Å². The van der Waals surface area contributed by atoms with Crippen molar-refractivity contribution in [2.24, 2.45) is 5.92 Å². The summed E-state index contributed by atoms with van der Waals surface area (Å²) in [6.45, 7) is 12.4. The average Bonchev–Trinajstić information content (AvgIpc) is 3.13. The minimum Gasteiger partial charge on any atom is -0.463 e. The molecule has 1 fully saturated rings. The van der Waals surface area contributed by atoms with Gasteiger partial charge in [0, 0.05) is 20.2 Å². The van der Waals surface area contributed by atoms with E-state index < -0.39 is 14.2 Å². The maximum atomic E-state index is 11.0. The zero-order chi connectivity index (χ0) is 26.3. The number of hydrogen-bond acceptors (Lipinski definition) is 8. The van der Waals surface area contributed by atoms with Gasteiger partial charge in [0.05, 0.1) is 12.7 Å². The molecule has 0 aliphatic carbocycles. The highest BCUT2D eigenvalue weighted by atomic mass is 28.3. The van der Waals surface area contributed by atoms with Crippen molar-refractivity contribution in [3.05, 3.63) is 11.3 Å². The lowest BCUT2D eigenvalue weighted by molar-refractivity contribution is 0.0601. The monoisotopic (exact) mass is 516 g/mol. The Morgan fingerprint density at radius 2 is 1.94 bits per heavy atom. The van der Waals surface area contributed by atoms with Gasteiger partial charge < -0.3 is 29.8 Å². The Morgan fingerprint density at radius 3 is 2.58 bits per heavy atom. The number of rotatable bonds is 13. The third kappa shape index (κ3) is 7.41. The van der Waals surface area contributed by atoms with Crippen molar-refractivity contribution in [1.29, 1.82) is 5.26 Å². The molecule has 3 heterocycles.